The molecule has 0 aliphatic heterocycles. The lowest BCUT2D eigenvalue weighted by atomic mass is 10.5. The maximum atomic E-state index is 12.0. The molecule has 0 aromatic carbocycles. The van der Waals surface area contributed by atoms with Gasteiger partial charge >= 0.3 is 0 Å². The fraction of sp³-hybridized carbons (Fsp3) is 0. The molecule has 0 aliphatic carbocycles. The molecule has 0 fully saturated rings. The molecule has 2 heterocycles. The van der Waals surface area contributed by atoms with Crippen LogP contribution >= 0.6 is 31.9 Å². The van der Waals surface area contributed by atoms with E-state index in [2.05, 4.69) is 47.3 Å². The lowest BCUT2D eigenvalue weighted by Gasteiger charge is -1.95. The molecule has 0 radical (unpaired) electrons. The molecule has 0 amide bonds. The Bertz CT molecular complexity index is 464. The number of nitrogens with zero attached hydrogens (tertiary/aromatic N) is 2. The average Bonchev–Trinajstić information content (AvgIpc) is 2.29. The van der Waals surface area contributed by atoms with Gasteiger partial charge in [0.15, 0.2) is 0 Å². The number of nitrogens with two attached hydrogens (primary N) is 1. The average molecular weight is 364 g/mol. The van der Waals surface area contributed by atoms with E-state index in [9.17, 15) is 4.39 Å². The summed E-state index contributed by atoms with van der Waals surface area (Å²) in [6.45, 7) is 0. The fourth-order valence-corrected chi connectivity index (χ4v) is 1.50. The van der Waals surface area contributed by atoms with Crippen molar-refractivity contribution in [2.45, 2.75) is 0 Å². The van der Waals surface area contributed by atoms with Crippen LogP contribution in [-0.4, -0.2) is 9.97 Å². The summed E-state index contributed by atoms with van der Waals surface area (Å²) in [6.07, 6.45) is 3.07. The molecule has 0 atom stereocenters. The van der Waals surface area contributed by atoms with Gasteiger partial charge in [0, 0.05) is 27.4 Å². The van der Waals surface area contributed by atoms with E-state index in [0.717, 1.165) is 4.47 Å². The minimum atomic E-state index is -0.459. The third kappa shape index (κ3) is 5.71. The summed E-state index contributed by atoms with van der Waals surface area (Å²) < 4.78 is 13.7. The Morgan fingerprint density at radius 2 is 1.65 bits per heavy atom. The second-order valence-corrected chi connectivity index (χ2v) is 4.63. The molecule has 0 saturated carbocycles. The van der Waals surface area contributed by atoms with E-state index in [0.29, 0.717) is 10.3 Å². The van der Waals surface area contributed by atoms with Crippen LogP contribution in [0.25, 0.3) is 0 Å². The predicted molar refractivity (Wildman–Crippen MR) is 71.6 cm³/mol. The molecule has 0 bridgehead atoms. The van der Waals surface area contributed by atoms with Gasteiger partial charge in [0.2, 0.25) is 5.95 Å². The number of pyridine rings is 2. The third-order valence-electron chi connectivity index (χ3n) is 1.56. The summed E-state index contributed by atoms with van der Waals surface area (Å²) in [6, 6.07) is 6.60. The molecule has 2 aromatic heterocycles. The van der Waals surface area contributed by atoms with Crippen molar-refractivity contribution in [3.05, 3.63) is 51.6 Å². The minimum absolute atomic E-state index is 0.459. The molecule has 0 unspecified atom stereocenters. The van der Waals surface area contributed by atoms with E-state index in [1.807, 2.05) is 6.07 Å². The Morgan fingerprint density at radius 3 is 2.00 bits per heavy atom. The van der Waals surface area contributed by atoms with Gasteiger partial charge in [0.05, 0.1) is 0 Å². The second-order valence-electron chi connectivity index (χ2n) is 2.80. The first kappa shape index (κ1) is 14.0. The standard InChI is InChI=1S/C5H3BrFN.C5H6BrN3/c6-4-1-2-8-5(7)3-4;6-4-1-2-8-5(3-4)9-7/h1-3H;1-3H,7H2,(H,8,9). The maximum absolute atomic E-state index is 12.0. The zero-order chi connectivity index (χ0) is 12.7. The number of hydrazine groups is 1. The first-order valence-corrected chi connectivity index (χ1v) is 6.05. The van der Waals surface area contributed by atoms with Gasteiger partial charge in [-0.25, -0.2) is 15.8 Å². The highest BCUT2D eigenvalue weighted by Gasteiger charge is 1.88. The summed E-state index contributed by atoms with van der Waals surface area (Å²) in [5.41, 5.74) is 2.43. The van der Waals surface area contributed by atoms with Crippen LogP contribution in [0.4, 0.5) is 10.2 Å². The van der Waals surface area contributed by atoms with Crippen LogP contribution in [0.5, 0.6) is 0 Å². The van der Waals surface area contributed by atoms with Crippen molar-refractivity contribution in [2.75, 3.05) is 5.43 Å². The highest BCUT2D eigenvalue weighted by atomic mass is 79.9. The van der Waals surface area contributed by atoms with Gasteiger partial charge in [0.25, 0.3) is 0 Å². The zero-order valence-corrected chi connectivity index (χ0v) is 11.7. The molecule has 7 heteroatoms. The van der Waals surface area contributed by atoms with Crippen molar-refractivity contribution >= 4 is 37.7 Å². The van der Waals surface area contributed by atoms with Crippen molar-refractivity contribution < 1.29 is 4.39 Å². The van der Waals surface area contributed by atoms with Gasteiger partial charge in [0.1, 0.15) is 5.82 Å². The number of nitrogen functional groups attached to an aromatic ring is 1. The van der Waals surface area contributed by atoms with Crippen LogP contribution in [0.15, 0.2) is 45.6 Å². The number of halogens is 3. The van der Waals surface area contributed by atoms with E-state index < -0.39 is 5.95 Å². The second kappa shape index (κ2) is 7.31. The topological polar surface area (TPSA) is 63.8 Å². The van der Waals surface area contributed by atoms with Crippen LogP contribution in [0.1, 0.15) is 0 Å². The first-order valence-electron chi connectivity index (χ1n) is 4.47. The Kier molecular flexibility index (Phi) is 6.03. The Balaban J connectivity index is 0.000000171. The highest BCUT2D eigenvalue weighted by Crippen LogP contribution is 2.10. The lowest BCUT2D eigenvalue weighted by molar-refractivity contribution is 0.583. The SMILES string of the molecule is Fc1cc(Br)ccn1.NNc1cc(Br)ccn1. The first-order chi connectivity index (χ1) is 8.11. The van der Waals surface area contributed by atoms with Crippen LogP contribution in [-0.2, 0) is 0 Å². The van der Waals surface area contributed by atoms with Gasteiger partial charge in [-0.15, -0.1) is 0 Å². The van der Waals surface area contributed by atoms with Crippen molar-refractivity contribution in [2.24, 2.45) is 5.84 Å². The Hall–Kier alpha value is -1.05. The molecule has 2 rings (SSSR count). The molecule has 90 valence electrons. The number of hydrogen-bond acceptors (Lipinski definition) is 4. The number of nitrogens with one attached hydrogen (secondary N) is 1. The van der Waals surface area contributed by atoms with Gasteiger partial charge < -0.3 is 5.43 Å². The molecular formula is C10H9Br2FN4. The van der Waals surface area contributed by atoms with E-state index >= 15 is 0 Å². The smallest absolute Gasteiger partial charge is 0.213 e. The van der Waals surface area contributed by atoms with Crippen LogP contribution in [0.2, 0.25) is 0 Å². The number of anilines is 1. The highest BCUT2D eigenvalue weighted by molar-refractivity contribution is 9.10. The Morgan fingerprint density at radius 1 is 1.06 bits per heavy atom. The molecule has 3 N–H and O–H groups in total. The van der Waals surface area contributed by atoms with Crippen LogP contribution < -0.4 is 11.3 Å². The summed E-state index contributed by atoms with van der Waals surface area (Å²) in [5, 5.41) is 0. The van der Waals surface area contributed by atoms with Crippen LogP contribution in [0, 0.1) is 5.95 Å². The van der Waals surface area contributed by atoms with Crippen molar-refractivity contribution in [3.8, 4) is 0 Å². The molecule has 0 spiro atoms. The third-order valence-corrected chi connectivity index (χ3v) is 2.54. The normalized spacial score (nSPS) is 9.18. The van der Waals surface area contributed by atoms with Crippen LogP contribution in [0.3, 0.4) is 0 Å². The van der Waals surface area contributed by atoms with Crippen molar-refractivity contribution in [1.29, 1.82) is 0 Å². The lowest BCUT2D eigenvalue weighted by Crippen LogP contribution is -2.07. The predicted octanol–water partition coefficient (Wildman–Crippen LogP) is 3.11. The van der Waals surface area contributed by atoms with Gasteiger partial charge in [-0.1, -0.05) is 31.9 Å². The van der Waals surface area contributed by atoms with Gasteiger partial charge in [-0.3, -0.25) is 0 Å². The summed E-state index contributed by atoms with van der Waals surface area (Å²) >= 11 is 6.35. The van der Waals surface area contributed by atoms with E-state index in [-0.39, 0.29) is 0 Å². The number of aromatic nitrogens is 2. The zero-order valence-electron chi connectivity index (χ0n) is 8.57. The summed E-state index contributed by atoms with van der Waals surface area (Å²) in [5.74, 6) is 5.28. The molecule has 2 aromatic rings. The van der Waals surface area contributed by atoms with Crippen molar-refractivity contribution in [1.82, 2.24) is 9.97 Å². The van der Waals surface area contributed by atoms with Gasteiger partial charge in [-0.05, 0) is 18.2 Å². The summed E-state index contributed by atoms with van der Waals surface area (Å²) in [7, 11) is 0. The van der Waals surface area contributed by atoms with Gasteiger partial charge in [-0.2, -0.15) is 4.39 Å². The monoisotopic (exact) mass is 362 g/mol. The number of hydrogen-bond donors (Lipinski definition) is 2. The largest absolute Gasteiger partial charge is 0.308 e. The Labute approximate surface area is 115 Å². The maximum Gasteiger partial charge on any atom is 0.213 e. The molecule has 17 heavy (non-hydrogen) atoms. The van der Waals surface area contributed by atoms with E-state index in [1.165, 1.54) is 12.3 Å². The molecular weight excluding hydrogens is 355 g/mol. The molecule has 4 nitrogen and oxygen atoms in total. The van der Waals surface area contributed by atoms with E-state index in [4.69, 9.17) is 5.84 Å². The molecule has 0 saturated heterocycles. The molecule has 0 aliphatic rings. The quantitative estimate of drug-likeness (QED) is 0.464. The minimum Gasteiger partial charge on any atom is -0.308 e. The summed E-state index contributed by atoms with van der Waals surface area (Å²) in [4.78, 5) is 7.24. The fourth-order valence-electron chi connectivity index (χ4n) is 0.863. The van der Waals surface area contributed by atoms with Crippen molar-refractivity contribution in [3.63, 3.8) is 0 Å². The number of rotatable bonds is 1. The van der Waals surface area contributed by atoms with E-state index in [1.54, 1.807) is 18.3 Å².